The summed E-state index contributed by atoms with van der Waals surface area (Å²) >= 11 is 0. The van der Waals surface area contributed by atoms with Gasteiger partial charge in [0.05, 0.1) is 23.4 Å². The third-order valence-corrected chi connectivity index (χ3v) is 2.87. The van der Waals surface area contributed by atoms with Crippen molar-refractivity contribution in [3.63, 3.8) is 0 Å². The summed E-state index contributed by atoms with van der Waals surface area (Å²) in [7, 11) is 0. The summed E-state index contributed by atoms with van der Waals surface area (Å²) in [5.41, 5.74) is 1.26. The molecule has 96 valence electrons. The molecule has 0 aliphatic carbocycles. The van der Waals surface area contributed by atoms with Crippen molar-refractivity contribution in [2.75, 3.05) is 5.32 Å². The first kappa shape index (κ1) is 12.9. The summed E-state index contributed by atoms with van der Waals surface area (Å²) in [6.07, 6.45) is 0. The zero-order chi connectivity index (χ0) is 13.8. The summed E-state index contributed by atoms with van der Waals surface area (Å²) < 4.78 is 13.7. The van der Waals surface area contributed by atoms with Gasteiger partial charge in [-0.15, -0.1) is 0 Å². The first-order valence-electron chi connectivity index (χ1n) is 5.86. The SMILES string of the molecule is CC(Nc1ccc(C#N)cc1F)c1ccccc1O. The quantitative estimate of drug-likeness (QED) is 0.882. The van der Waals surface area contributed by atoms with Crippen LogP contribution in [0.5, 0.6) is 5.75 Å². The van der Waals surface area contributed by atoms with E-state index in [1.807, 2.05) is 19.1 Å². The predicted molar refractivity (Wildman–Crippen MR) is 71.3 cm³/mol. The van der Waals surface area contributed by atoms with Gasteiger partial charge in [-0.3, -0.25) is 0 Å². The number of anilines is 1. The van der Waals surface area contributed by atoms with Gasteiger partial charge in [0.25, 0.3) is 0 Å². The van der Waals surface area contributed by atoms with Crippen LogP contribution in [-0.4, -0.2) is 5.11 Å². The van der Waals surface area contributed by atoms with Gasteiger partial charge < -0.3 is 10.4 Å². The van der Waals surface area contributed by atoms with Crippen molar-refractivity contribution in [1.29, 1.82) is 5.26 Å². The lowest BCUT2D eigenvalue weighted by atomic mass is 10.1. The Kier molecular flexibility index (Phi) is 3.67. The maximum absolute atomic E-state index is 13.7. The second-order valence-corrected chi connectivity index (χ2v) is 4.23. The van der Waals surface area contributed by atoms with Crippen molar-refractivity contribution in [3.05, 3.63) is 59.4 Å². The van der Waals surface area contributed by atoms with Crippen LogP contribution >= 0.6 is 0 Å². The lowest BCUT2D eigenvalue weighted by molar-refractivity contribution is 0.465. The summed E-state index contributed by atoms with van der Waals surface area (Å²) in [5.74, 6) is -0.321. The third-order valence-electron chi connectivity index (χ3n) is 2.87. The molecule has 0 spiro atoms. The number of nitrogens with one attached hydrogen (secondary N) is 1. The minimum absolute atomic E-state index is 0.163. The monoisotopic (exact) mass is 256 g/mol. The summed E-state index contributed by atoms with van der Waals surface area (Å²) in [6.45, 7) is 1.83. The first-order chi connectivity index (χ1) is 9.11. The van der Waals surface area contributed by atoms with Crippen LogP contribution in [0.3, 0.4) is 0 Å². The highest BCUT2D eigenvalue weighted by molar-refractivity contribution is 5.51. The van der Waals surface area contributed by atoms with Crippen molar-refractivity contribution in [1.82, 2.24) is 0 Å². The van der Waals surface area contributed by atoms with Crippen LogP contribution in [0.25, 0.3) is 0 Å². The largest absolute Gasteiger partial charge is 0.508 e. The Bertz CT molecular complexity index is 634. The van der Waals surface area contributed by atoms with E-state index < -0.39 is 5.82 Å². The van der Waals surface area contributed by atoms with E-state index >= 15 is 0 Å². The Morgan fingerprint density at radius 3 is 2.63 bits per heavy atom. The van der Waals surface area contributed by atoms with Crippen LogP contribution in [0.4, 0.5) is 10.1 Å². The van der Waals surface area contributed by atoms with E-state index in [4.69, 9.17) is 5.26 Å². The number of para-hydroxylation sites is 1. The molecule has 0 saturated heterocycles. The average Bonchev–Trinajstić information content (AvgIpc) is 2.41. The molecule has 1 unspecified atom stereocenters. The van der Waals surface area contributed by atoms with E-state index in [1.165, 1.54) is 12.1 Å². The predicted octanol–water partition coefficient (Wildman–Crippen LogP) is 3.58. The number of nitrogens with zero attached hydrogens (tertiary/aromatic N) is 1. The van der Waals surface area contributed by atoms with Gasteiger partial charge in [-0.2, -0.15) is 5.26 Å². The molecule has 0 aliphatic heterocycles. The number of phenols is 1. The zero-order valence-electron chi connectivity index (χ0n) is 10.4. The molecule has 0 aromatic heterocycles. The first-order valence-corrected chi connectivity index (χ1v) is 5.86. The summed E-state index contributed by atoms with van der Waals surface area (Å²) in [6, 6.07) is 12.8. The molecule has 2 rings (SSSR count). The number of phenolic OH excluding ortho intramolecular Hbond substituents is 1. The van der Waals surface area contributed by atoms with E-state index in [9.17, 15) is 9.50 Å². The molecule has 3 nitrogen and oxygen atoms in total. The fraction of sp³-hybridized carbons (Fsp3) is 0.133. The fourth-order valence-corrected chi connectivity index (χ4v) is 1.87. The highest BCUT2D eigenvalue weighted by Crippen LogP contribution is 2.27. The Labute approximate surface area is 110 Å². The molecule has 0 bridgehead atoms. The Morgan fingerprint density at radius 2 is 2.00 bits per heavy atom. The van der Waals surface area contributed by atoms with Gasteiger partial charge >= 0.3 is 0 Å². The molecular formula is C15H13FN2O. The number of aromatic hydroxyl groups is 1. The standard InChI is InChI=1S/C15H13FN2O/c1-10(12-4-2-3-5-15(12)19)18-14-7-6-11(9-17)8-13(14)16/h2-8,10,18-19H,1H3. The number of benzene rings is 2. The maximum Gasteiger partial charge on any atom is 0.147 e. The molecule has 0 aliphatic rings. The third kappa shape index (κ3) is 2.83. The Morgan fingerprint density at radius 1 is 1.26 bits per heavy atom. The zero-order valence-corrected chi connectivity index (χ0v) is 10.4. The van der Waals surface area contributed by atoms with Crippen molar-refractivity contribution >= 4 is 5.69 Å². The van der Waals surface area contributed by atoms with Crippen molar-refractivity contribution in [3.8, 4) is 11.8 Å². The number of halogens is 1. The van der Waals surface area contributed by atoms with Crippen LogP contribution in [0.1, 0.15) is 24.1 Å². The smallest absolute Gasteiger partial charge is 0.147 e. The molecule has 19 heavy (non-hydrogen) atoms. The second-order valence-electron chi connectivity index (χ2n) is 4.23. The van der Waals surface area contributed by atoms with Gasteiger partial charge in [-0.1, -0.05) is 18.2 Å². The molecule has 2 N–H and O–H groups in total. The summed E-state index contributed by atoms with van der Waals surface area (Å²) in [5, 5.41) is 21.4. The number of hydrogen-bond donors (Lipinski definition) is 2. The Hall–Kier alpha value is -2.54. The molecule has 2 aromatic carbocycles. The fourth-order valence-electron chi connectivity index (χ4n) is 1.87. The molecule has 0 fully saturated rings. The van der Waals surface area contributed by atoms with Gasteiger partial charge in [0.1, 0.15) is 11.6 Å². The number of hydrogen-bond acceptors (Lipinski definition) is 3. The van der Waals surface area contributed by atoms with E-state index in [2.05, 4.69) is 5.32 Å². The molecule has 1 atom stereocenters. The second kappa shape index (κ2) is 5.40. The highest BCUT2D eigenvalue weighted by Gasteiger charge is 2.12. The minimum Gasteiger partial charge on any atom is -0.508 e. The van der Waals surface area contributed by atoms with Crippen LogP contribution in [-0.2, 0) is 0 Å². The summed E-state index contributed by atoms with van der Waals surface area (Å²) in [4.78, 5) is 0. The van der Waals surface area contributed by atoms with E-state index in [1.54, 1.807) is 24.3 Å². The lowest BCUT2D eigenvalue weighted by Gasteiger charge is -2.17. The van der Waals surface area contributed by atoms with Gasteiger partial charge in [0.15, 0.2) is 0 Å². The Balaban J connectivity index is 2.22. The van der Waals surface area contributed by atoms with Gasteiger partial charge in [0, 0.05) is 5.56 Å². The van der Waals surface area contributed by atoms with Crippen LogP contribution < -0.4 is 5.32 Å². The average molecular weight is 256 g/mol. The van der Waals surface area contributed by atoms with E-state index in [0.717, 1.165) is 0 Å². The van der Waals surface area contributed by atoms with Crippen molar-refractivity contribution in [2.24, 2.45) is 0 Å². The molecule has 0 heterocycles. The highest BCUT2D eigenvalue weighted by atomic mass is 19.1. The number of rotatable bonds is 3. The van der Waals surface area contributed by atoms with Crippen molar-refractivity contribution in [2.45, 2.75) is 13.0 Å². The minimum atomic E-state index is -0.485. The van der Waals surface area contributed by atoms with E-state index in [-0.39, 0.29) is 17.4 Å². The van der Waals surface area contributed by atoms with Crippen LogP contribution in [0.2, 0.25) is 0 Å². The molecule has 0 radical (unpaired) electrons. The topological polar surface area (TPSA) is 56.0 Å². The van der Waals surface area contributed by atoms with Crippen molar-refractivity contribution < 1.29 is 9.50 Å². The lowest BCUT2D eigenvalue weighted by Crippen LogP contribution is -2.08. The molecule has 0 saturated carbocycles. The van der Waals surface area contributed by atoms with E-state index in [0.29, 0.717) is 11.3 Å². The van der Waals surface area contributed by atoms with Crippen LogP contribution in [0, 0.1) is 17.1 Å². The molecular weight excluding hydrogens is 243 g/mol. The van der Waals surface area contributed by atoms with Crippen LogP contribution in [0.15, 0.2) is 42.5 Å². The van der Waals surface area contributed by atoms with Gasteiger partial charge in [-0.25, -0.2) is 4.39 Å². The maximum atomic E-state index is 13.7. The van der Waals surface area contributed by atoms with Gasteiger partial charge in [0.2, 0.25) is 0 Å². The van der Waals surface area contributed by atoms with Gasteiger partial charge in [-0.05, 0) is 31.2 Å². The normalized spacial score (nSPS) is 11.6. The molecule has 4 heteroatoms. The number of nitriles is 1. The molecule has 2 aromatic rings. The molecule has 0 amide bonds.